The van der Waals surface area contributed by atoms with E-state index >= 15 is 0 Å². The predicted octanol–water partition coefficient (Wildman–Crippen LogP) is 1.49. The molecule has 0 fully saturated rings. The Morgan fingerprint density at radius 2 is 2.00 bits per heavy atom. The Labute approximate surface area is 124 Å². The van der Waals surface area contributed by atoms with Crippen molar-refractivity contribution in [1.29, 1.82) is 0 Å². The standard InChI is InChI=1S/C14H18N4O2S/c1-10-3-4-11(8-17-10)9-18-12-5-6-14(13(15)7-12)21(19,20)16-2/h3-8,16,18H,9,15H2,1-2H3. The summed E-state index contributed by atoms with van der Waals surface area (Å²) in [5.74, 6) is 0. The number of sulfonamides is 1. The van der Waals surface area contributed by atoms with E-state index in [1.807, 2.05) is 19.1 Å². The number of nitrogens with two attached hydrogens (primary N) is 1. The fourth-order valence-electron chi connectivity index (χ4n) is 1.82. The maximum Gasteiger partial charge on any atom is 0.242 e. The largest absolute Gasteiger partial charge is 0.398 e. The Bertz CT molecular complexity index is 727. The van der Waals surface area contributed by atoms with Crippen LogP contribution in [0, 0.1) is 6.92 Å². The van der Waals surface area contributed by atoms with Gasteiger partial charge in [0.05, 0.1) is 5.69 Å². The van der Waals surface area contributed by atoms with Gasteiger partial charge < -0.3 is 11.1 Å². The summed E-state index contributed by atoms with van der Waals surface area (Å²) in [6.07, 6.45) is 1.80. The summed E-state index contributed by atoms with van der Waals surface area (Å²) in [6.45, 7) is 2.52. The van der Waals surface area contributed by atoms with Gasteiger partial charge in [-0.15, -0.1) is 0 Å². The van der Waals surface area contributed by atoms with Crippen LogP contribution >= 0.6 is 0 Å². The van der Waals surface area contributed by atoms with Crippen LogP contribution in [0.3, 0.4) is 0 Å². The van der Waals surface area contributed by atoms with Gasteiger partial charge in [0.25, 0.3) is 0 Å². The van der Waals surface area contributed by atoms with Crippen LogP contribution in [0.15, 0.2) is 41.4 Å². The van der Waals surface area contributed by atoms with E-state index in [1.165, 1.54) is 13.1 Å². The highest BCUT2D eigenvalue weighted by Gasteiger charge is 2.15. The lowest BCUT2D eigenvalue weighted by molar-refractivity contribution is 0.588. The van der Waals surface area contributed by atoms with Gasteiger partial charge >= 0.3 is 0 Å². The van der Waals surface area contributed by atoms with Gasteiger partial charge in [-0.05, 0) is 43.8 Å². The molecule has 0 saturated heterocycles. The average Bonchev–Trinajstić information content (AvgIpc) is 2.46. The van der Waals surface area contributed by atoms with Gasteiger partial charge in [0, 0.05) is 24.1 Å². The maximum atomic E-state index is 11.7. The molecule has 2 aromatic rings. The topological polar surface area (TPSA) is 97.1 Å². The molecule has 1 aromatic heterocycles. The molecule has 21 heavy (non-hydrogen) atoms. The zero-order valence-corrected chi connectivity index (χ0v) is 12.7. The van der Waals surface area contributed by atoms with E-state index in [4.69, 9.17) is 5.73 Å². The number of pyridine rings is 1. The second kappa shape index (κ2) is 6.11. The van der Waals surface area contributed by atoms with E-state index in [1.54, 1.807) is 18.3 Å². The number of rotatable bonds is 5. The minimum absolute atomic E-state index is 0.0764. The molecular formula is C14H18N4O2S. The quantitative estimate of drug-likeness (QED) is 0.727. The minimum atomic E-state index is -3.53. The van der Waals surface area contributed by atoms with Gasteiger partial charge in [-0.1, -0.05) is 6.07 Å². The molecule has 7 heteroatoms. The molecule has 112 valence electrons. The number of hydrogen-bond donors (Lipinski definition) is 3. The van der Waals surface area contributed by atoms with E-state index in [0.29, 0.717) is 6.54 Å². The number of hydrogen-bond acceptors (Lipinski definition) is 5. The smallest absolute Gasteiger partial charge is 0.242 e. The van der Waals surface area contributed by atoms with Crippen molar-refractivity contribution in [1.82, 2.24) is 9.71 Å². The third-order valence-corrected chi connectivity index (χ3v) is 4.53. The highest BCUT2D eigenvalue weighted by atomic mass is 32.2. The normalized spacial score (nSPS) is 11.3. The van der Waals surface area contributed by atoms with Crippen LogP contribution in [-0.2, 0) is 16.6 Å². The van der Waals surface area contributed by atoms with Crippen LogP contribution in [0.4, 0.5) is 11.4 Å². The van der Waals surface area contributed by atoms with Gasteiger partial charge in [0.15, 0.2) is 0 Å². The zero-order valence-electron chi connectivity index (χ0n) is 11.9. The van der Waals surface area contributed by atoms with Crippen LogP contribution in [0.2, 0.25) is 0 Å². The molecule has 0 amide bonds. The summed E-state index contributed by atoms with van der Waals surface area (Å²) in [5, 5.41) is 3.18. The van der Waals surface area contributed by atoms with Crippen molar-refractivity contribution in [2.45, 2.75) is 18.4 Å². The van der Waals surface area contributed by atoms with E-state index in [2.05, 4.69) is 15.0 Å². The first-order valence-corrected chi connectivity index (χ1v) is 7.89. The third-order valence-electron chi connectivity index (χ3n) is 3.04. The lowest BCUT2D eigenvalue weighted by Gasteiger charge is -2.10. The third kappa shape index (κ3) is 3.71. The molecule has 0 spiro atoms. The summed E-state index contributed by atoms with van der Waals surface area (Å²) < 4.78 is 25.7. The molecule has 1 aromatic carbocycles. The van der Waals surface area contributed by atoms with Gasteiger partial charge in [0.1, 0.15) is 4.90 Å². The first-order valence-electron chi connectivity index (χ1n) is 6.41. The Morgan fingerprint density at radius 3 is 2.57 bits per heavy atom. The molecule has 0 atom stereocenters. The molecule has 1 heterocycles. The Hall–Kier alpha value is -2.12. The van der Waals surface area contributed by atoms with Crippen molar-refractivity contribution in [3.63, 3.8) is 0 Å². The van der Waals surface area contributed by atoms with E-state index in [-0.39, 0.29) is 10.6 Å². The second-order valence-electron chi connectivity index (χ2n) is 4.62. The van der Waals surface area contributed by atoms with Gasteiger partial charge in [-0.25, -0.2) is 13.1 Å². The van der Waals surface area contributed by atoms with Crippen molar-refractivity contribution in [2.75, 3.05) is 18.1 Å². The van der Waals surface area contributed by atoms with Crippen molar-refractivity contribution in [3.8, 4) is 0 Å². The van der Waals surface area contributed by atoms with E-state index in [9.17, 15) is 8.42 Å². The molecule has 6 nitrogen and oxygen atoms in total. The first-order chi connectivity index (χ1) is 9.92. The van der Waals surface area contributed by atoms with E-state index < -0.39 is 10.0 Å². The Balaban J connectivity index is 2.12. The van der Waals surface area contributed by atoms with Crippen LogP contribution in [0.5, 0.6) is 0 Å². The molecule has 0 aliphatic heterocycles. The number of aromatic nitrogens is 1. The number of aryl methyl sites for hydroxylation is 1. The van der Waals surface area contributed by atoms with Crippen LogP contribution < -0.4 is 15.8 Å². The molecule has 0 saturated carbocycles. The predicted molar refractivity (Wildman–Crippen MR) is 83.4 cm³/mol. The summed E-state index contributed by atoms with van der Waals surface area (Å²) in [4.78, 5) is 4.29. The number of nitrogens with zero attached hydrogens (tertiary/aromatic N) is 1. The van der Waals surface area contributed by atoms with E-state index in [0.717, 1.165) is 16.9 Å². The minimum Gasteiger partial charge on any atom is -0.398 e. The Kier molecular flexibility index (Phi) is 4.44. The number of nitrogens with one attached hydrogen (secondary N) is 2. The highest BCUT2D eigenvalue weighted by molar-refractivity contribution is 7.89. The molecule has 4 N–H and O–H groups in total. The van der Waals surface area contributed by atoms with Crippen LogP contribution in [0.25, 0.3) is 0 Å². The molecular weight excluding hydrogens is 288 g/mol. The fraction of sp³-hybridized carbons (Fsp3) is 0.214. The molecule has 0 bridgehead atoms. The SMILES string of the molecule is CNS(=O)(=O)c1ccc(NCc2ccc(C)nc2)cc1N. The van der Waals surface area contributed by atoms with Gasteiger partial charge in [0.2, 0.25) is 10.0 Å². The summed E-state index contributed by atoms with van der Waals surface area (Å²) in [5.41, 5.74) is 8.75. The fourth-order valence-corrected chi connectivity index (χ4v) is 2.66. The maximum absolute atomic E-state index is 11.7. The lowest BCUT2D eigenvalue weighted by Crippen LogP contribution is -2.20. The molecule has 0 aliphatic carbocycles. The van der Waals surface area contributed by atoms with Crippen LogP contribution in [0.1, 0.15) is 11.3 Å². The van der Waals surface area contributed by atoms with Crippen molar-refractivity contribution in [3.05, 3.63) is 47.8 Å². The number of anilines is 2. The molecule has 0 unspecified atom stereocenters. The average molecular weight is 306 g/mol. The number of benzene rings is 1. The summed E-state index contributed by atoms with van der Waals surface area (Å²) in [7, 11) is -2.18. The molecule has 0 aliphatic rings. The number of nitrogen functional groups attached to an aromatic ring is 1. The first kappa shape index (κ1) is 15.3. The van der Waals surface area contributed by atoms with Gasteiger partial charge in [-0.2, -0.15) is 0 Å². The van der Waals surface area contributed by atoms with Crippen molar-refractivity contribution in [2.24, 2.45) is 0 Å². The Morgan fingerprint density at radius 1 is 1.24 bits per heavy atom. The van der Waals surface area contributed by atoms with Crippen LogP contribution in [-0.4, -0.2) is 20.4 Å². The van der Waals surface area contributed by atoms with Crippen molar-refractivity contribution >= 4 is 21.4 Å². The lowest BCUT2D eigenvalue weighted by atomic mass is 10.2. The van der Waals surface area contributed by atoms with Gasteiger partial charge in [-0.3, -0.25) is 4.98 Å². The summed E-state index contributed by atoms with van der Waals surface area (Å²) >= 11 is 0. The summed E-state index contributed by atoms with van der Waals surface area (Å²) in [6, 6.07) is 8.69. The molecule has 0 radical (unpaired) electrons. The zero-order chi connectivity index (χ0) is 15.5. The highest BCUT2D eigenvalue weighted by Crippen LogP contribution is 2.22. The molecule has 2 rings (SSSR count). The van der Waals surface area contributed by atoms with Crippen molar-refractivity contribution < 1.29 is 8.42 Å². The second-order valence-corrected chi connectivity index (χ2v) is 6.48. The monoisotopic (exact) mass is 306 g/mol.